The molecule has 0 N–H and O–H groups in total. The molecule has 0 saturated carbocycles. The van der Waals surface area contributed by atoms with Crippen molar-refractivity contribution in [2.24, 2.45) is 0 Å². The van der Waals surface area contributed by atoms with Crippen LogP contribution in [0.4, 0.5) is 0 Å². The lowest BCUT2D eigenvalue weighted by molar-refractivity contribution is 0.306. The molecule has 0 radical (unpaired) electrons. The second-order valence-corrected chi connectivity index (χ2v) is 8.60. The molecule has 1 aromatic heterocycles. The average Bonchev–Trinajstić information content (AvgIpc) is 3.16. The summed E-state index contributed by atoms with van der Waals surface area (Å²) < 4.78 is 6.82. The third-order valence-corrected chi connectivity index (χ3v) is 6.31. The van der Waals surface area contributed by atoms with Crippen LogP contribution < -0.4 is 4.74 Å². The highest BCUT2D eigenvalue weighted by Crippen LogP contribution is 2.36. The molecule has 4 aromatic rings. The van der Waals surface area contributed by atoms with Crippen LogP contribution in [0.15, 0.2) is 60.7 Å². The normalized spacial score (nSPS) is 11.5. The van der Waals surface area contributed by atoms with Gasteiger partial charge in [-0.2, -0.15) is 5.26 Å². The predicted molar refractivity (Wildman–Crippen MR) is 125 cm³/mol. The fourth-order valence-electron chi connectivity index (χ4n) is 2.86. The number of thiazole rings is 1. The van der Waals surface area contributed by atoms with Gasteiger partial charge in [0.05, 0.1) is 25.8 Å². The quantitative estimate of drug-likeness (QED) is 0.278. The second-order valence-electron chi connectivity index (χ2n) is 6.35. The summed E-state index contributed by atoms with van der Waals surface area (Å²) in [6.45, 7) is 0.240. The molecule has 30 heavy (non-hydrogen) atoms. The van der Waals surface area contributed by atoms with Gasteiger partial charge in [-0.1, -0.05) is 65.1 Å². The van der Waals surface area contributed by atoms with Crippen molar-refractivity contribution < 1.29 is 4.74 Å². The lowest BCUT2D eigenvalue weighted by Gasteiger charge is -2.12. The minimum absolute atomic E-state index is 0.240. The highest BCUT2D eigenvalue weighted by Gasteiger charge is 2.13. The van der Waals surface area contributed by atoms with Crippen LogP contribution in [0.25, 0.3) is 21.9 Å². The van der Waals surface area contributed by atoms with E-state index < -0.39 is 0 Å². The minimum Gasteiger partial charge on any atom is -0.486 e. The molecule has 0 aliphatic heterocycles. The third-order valence-electron chi connectivity index (χ3n) is 4.31. The van der Waals surface area contributed by atoms with Crippen molar-refractivity contribution >= 4 is 68.0 Å². The van der Waals surface area contributed by atoms with E-state index >= 15 is 0 Å². The van der Waals surface area contributed by atoms with E-state index in [2.05, 4.69) is 11.1 Å². The number of benzene rings is 3. The zero-order valence-electron chi connectivity index (χ0n) is 15.4. The molecule has 0 atom stereocenters. The van der Waals surface area contributed by atoms with Crippen LogP contribution in [-0.2, 0) is 6.61 Å². The zero-order valence-corrected chi connectivity index (χ0v) is 18.5. The van der Waals surface area contributed by atoms with E-state index in [0.29, 0.717) is 37.0 Å². The minimum atomic E-state index is 0.240. The summed E-state index contributed by atoms with van der Waals surface area (Å²) in [6, 6.07) is 20.8. The van der Waals surface area contributed by atoms with Crippen LogP contribution in [0.1, 0.15) is 16.1 Å². The van der Waals surface area contributed by atoms with E-state index in [4.69, 9.17) is 39.5 Å². The summed E-state index contributed by atoms with van der Waals surface area (Å²) >= 11 is 20.4. The molecular formula is C23H13Cl3N2OS. The first kappa shape index (κ1) is 20.7. The van der Waals surface area contributed by atoms with Crippen molar-refractivity contribution in [2.75, 3.05) is 0 Å². The summed E-state index contributed by atoms with van der Waals surface area (Å²) in [4.78, 5) is 4.54. The van der Waals surface area contributed by atoms with Crippen molar-refractivity contribution in [3.63, 3.8) is 0 Å². The molecule has 0 unspecified atom stereocenters. The van der Waals surface area contributed by atoms with Gasteiger partial charge in [-0.05, 0) is 42.0 Å². The zero-order chi connectivity index (χ0) is 21.1. The summed E-state index contributed by atoms with van der Waals surface area (Å²) in [7, 11) is 0. The van der Waals surface area contributed by atoms with Crippen molar-refractivity contribution in [2.45, 2.75) is 6.61 Å². The molecule has 1 heterocycles. The molecule has 0 fully saturated rings. The molecule has 0 saturated heterocycles. The number of ether oxygens (including phenoxy) is 1. The topological polar surface area (TPSA) is 45.9 Å². The third kappa shape index (κ3) is 4.45. The van der Waals surface area contributed by atoms with Gasteiger partial charge in [0.15, 0.2) is 5.75 Å². The fourth-order valence-corrected chi connectivity index (χ4v) is 4.60. The second kappa shape index (κ2) is 9.07. The Kier molecular flexibility index (Phi) is 6.26. The molecular weight excluding hydrogens is 459 g/mol. The van der Waals surface area contributed by atoms with Gasteiger partial charge >= 0.3 is 0 Å². The van der Waals surface area contributed by atoms with E-state index in [9.17, 15) is 5.26 Å². The van der Waals surface area contributed by atoms with Crippen LogP contribution in [0.2, 0.25) is 15.1 Å². The number of halogens is 3. The van der Waals surface area contributed by atoms with Crippen LogP contribution >= 0.6 is 46.1 Å². The van der Waals surface area contributed by atoms with Crippen LogP contribution in [0, 0.1) is 11.3 Å². The van der Waals surface area contributed by atoms with Crippen molar-refractivity contribution in [1.82, 2.24) is 4.98 Å². The maximum atomic E-state index is 9.64. The van der Waals surface area contributed by atoms with Gasteiger partial charge in [0, 0.05) is 10.6 Å². The maximum Gasteiger partial charge on any atom is 0.157 e. The first-order valence-corrected chi connectivity index (χ1v) is 10.8. The maximum absolute atomic E-state index is 9.64. The van der Waals surface area contributed by atoms with Crippen LogP contribution in [0.5, 0.6) is 5.75 Å². The van der Waals surface area contributed by atoms with Gasteiger partial charge in [-0.15, -0.1) is 11.3 Å². The highest BCUT2D eigenvalue weighted by molar-refractivity contribution is 7.19. The summed E-state index contributed by atoms with van der Waals surface area (Å²) in [5, 5.41) is 11.6. The average molecular weight is 472 g/mol. The van der Waals surface area contributed by atoms with Gasteiger partial charge < -0.3 is 4.74 Å². The molecule has 148 valence electrons. The fraction of sp³-hybridized carbons (Fsp3) is 0.0435. The Morgan fingerprint density at radius 2 is 1.70 bits per heavy atom. The number of hydrogen-bond acceptors (Lipinski definition) is 4. The summed E-state index contributed by atoms with van der Waals surface area (Å²) in [6.07, 6.45) is 1.72. The Morgan fingerprint density at radius 1 is 1.00 bits per heavy atom. The molecule has 4 rings (SSSR count). The predicted octanol–water partition coefficient (Wildman–Crippen LogP) is 7.90. The summed E-state index contributed by atoms with van der Waals surface area (Å²) in [5.41, 5.74) is 2.81. The number of nitriles is 1. The van der Waals surface area contributed by atoms with E-state index in [0.717, 1.165) is 15.8 Å². The monoisotopic (exact) mass is 470 g/mol. The molecule has 0 amide bonds. The van der Waals surface area contributed by atoms with Gasteiger partial charge in [0.1, 0.15) is 17.7 Å². The van der Waals surface area contributed by atoms with Gasteiger partial charge in [0.2, 0.25) is 0 Å². The van der Waals surface area contributed by atoms with E-state index in [-0.39, 0.29) is 6.61 Å². The van der Waals surface area contributed by atoms with E-state index in [1.165, 1.54) is 11.3 Å². The smallest absolute Gasteiger partial charge is 0.157 e. The number of aromatic nitrogens is 1. The molecule has 3 aromatic carbocycles. The molecule has 0 aliphatic carbocycles. The number of nitrogens with zero attached hydrogens (tertiary/aromatic N) is 2. The lowest BCUT2D eigenvalue weighted by Crippen LogP contribution is -1.97. The Bertz CT molecular complexity index is 1250. The Labute approximate surface area is 192 Å². The molecule has 0 aliphatic rings. The van der Waals surface area contributed by atoms with Gasteiger partial charge in [-0.25, -0.2) is 4.98 Å². The number of para-hydroxylation sites is 1. The molecule has 0 spiro atoms. The number of hydrogen-bond donors (Lipinski definition) is 0. The Morgan fingerprint density at radius 3 is 2.40 bits per heavy atom. The highest BCUT2D eigenvalue weighted by atomic mass is 35.5. The van der Waals surface area contributed by atoms with Gasteiger partial charge in [-0.3, -0.25) is 0 Å². The first-order chi connectivity index (χ1) is 14.5. The van der Waals surface area contributed by atoms with Gasteiger partial charge in [0.25, 0.3) is 0 Å². The Hall–Kier alpha value is -2.55. The first-order valence-electron chi connectivity index (χ1n) is 8.88. The van der Waals surface area contributed by atoms with E-state index in [1.54, 1.807) is 24.3 Å². The largest absolute Gasteiger partial charge is 0.486 e. The van der Waals surface area contributed by atoms with Crippen LogP contribution in [0.3, 0.4) is 0 Å². The molecule has 7 heteroatoms. The Balaban J connectivity index is 1.61. The summed E-state index contributed by atoms with van der Waals surface area (Å²) in [5.74, 6) is 0.369. The number of fused-ring (bicyclic) bond motifs is 1. The van der Waals surface area contributed by atoms with Crippen molar-refractivity contribution in [3.8, 4) is 11.8 Å². The number of rotatable bonds is 5. The van der Waals surface area contributed by atoms with E-state index in [1.807, 2.05) is 42.5 Å². The van der Waals surface area contributed by atoms with Crippen LogP contribution in [-0.4, -0.2) is 4.98 Å². The molecule has 3 nitrogen and oxygen atoms in total. The van der Waals surface area contributed by atoms with Crippen molar-refractivity contribution in [1.29, 1.82) is 5.26 Å². The standard InChI is InChI=1S/C23H13Cl3N2OS/c24-17-6-2-1-5-15(17)13-29-22-18(25)10-14(11-19(22)26)9-16(12-27)23-28-20-7-3-4-8-21(20)30-23/h1-11H,13H2/b16-9-. The molecule has 0 bridgehead atoms. The van der Waals surface area contributed by atoms with Crippen molar-refractivity contribution in [3.05, 3.63) is 91.9 Å². The SMILES string of the molecule is N#C/C(=C/c1cc(Cl)c(OCc2ccccc2Cl)c(Cl)c1)c1nc2ccccc2s1. The lowest BCUT2D eigenvalue weighted by atomic mass is 10.1. The number of allylic oxidation sites excluding steroid dienone is 1.